The summed E-state index contributed by atoms with van der Waals surface area (Å²) in [5.74, 6) is 0. The number of nitrogens with zero attached hydrogens (tertiary/aromatic N) is 2. The average molecular weight is 226 g/mol. The van der Waals surface area contributed by atoms with Crippen molar-refractivity contribution in [3.63, 3.8) is 0 Å². The second-order valence-electron chi connectivity index (χ2n) is 3.66. The van der Waals surface area contributed by atoms with Crippen molar-refractivity contribution in [3.8, 4) is 0 Å². The number of fused-ring (bicyclic) bond motifs is 1. The molecule has 0 atom stereocenters. The molecule has 0 aliphatic heterocycles. The molecule has 0 radical (unpaired) electrons. The highest BCUT2D eigenvalue weighted by molar-refractivity contribution is 5.85. The first-order chi connectivity index (χ1) is 7.39. The van der Waals surface area contributed by atoms with Crippen LogP contribution in [0, 0.1) is 13.8 Å². The molecule has 1 aromatic carbocycles. The van der Waals surface area contributed by atoms with Gasteiger partial charge in [0, 0.05) is 11.1 Å². The minimum atomic E-state index is -4.38. The summed E-state index contributed by atoms with van der Waals surface area (Å²) in [6.07, 6.45) is -3.10. The summed E-state index contributed by atoms with van der Waals surface area (Å²) in [6.45, 7) is 3.17. The molecule has 1 heterocycles. The Morgan fingerprint density at radius 1 is 1.06 bits per heavy atom. The molecular formula is C11H9F3N2. The smallest absolute Gasteiger partial charge is 0.241 e. The van der Waals surface area contributed by atoms with Crippen molar-refractivity contribution >= 4 is 10.9 Å². The van der Waals surface area contributed by atoms with Gasteiger partial charge in [-0.3, -0.25) is 0 Å². The van der Waals surface area contributed by atoms with Gasteiger partial charge in [-0.25, -0.2) is 9.97 Å². The highest BCUT2D eigenvalue weighted by atomic mass is 19.4. The van der Waals surface area contributed by atoms with Crippen molar-refractivity contribution in [3.05, 3.63) is 35.3 Å². The largest absolute Gasteiger partial charge is 0.417 e. The van der Waals surface area contributed by atoms with Crippen LogP contribution in [0.5, 0.6) is 0 Å². The third-order valence-corrected chi connectivity index (χ3v) is 2.38. The Bertz CT molecular complexity index is 547. The normalized spacial score (nSPS) is 12.1. The molecule has 2 rings (SSSR count). The van der Waals surface area contributed by atoms with Crippen LogP contribution in [0.15, 0.2) is 18.5 Å². The first kappa shape index (κ1) is 10.9. The average Bonchev–Trinajstić information content (AvgIpc) is 2.15. The molecule has 0 N–H and O–H groups in total. The molecule has 5 heteroatoms. The molecule has 0 amide bonds. The van der Waals surface area contributed by atoms with Crippen LogP contribution in [0.1, 0.15) is 16.8 Å². The Morgan fingerprint density at radius 3 is 2.38 bits per heavy atom. The molecule has 16 heavy (non-hydrogen) atoms. The van der Waals surface area contributed by atoms with E-state index < -0.39 is 11.7 Å². The quantitative estimate of drug-likeness (QED) is 0.689. The van der Waals surface area contributed by atoms with E-state index in [1.165, 1.54) is 6.33 Å². The van der Waals surface area contributed by atoms with Crippen molar-refractivity contribution < 1.29 is 13.2 Å². The van der Waals surface area contributed by atoms with Crippen LogP contribution in [-0.4, -0.2) is 9.97 Å². The van der Waals surface area contributed by atoms with Gasteiger partial charge in [-0.1, -0.05) is 0 Å². The molecular weight excluding hydrogens is 217 g/mol. The molecule has 0 spiro atoms. The maximum atomic E-state index is 12.8. The van der Waals surface area contributed by atoms with Gasteiger partial charge in [0.05, 0.1) is 11.1 Å². The van der Waals surface area contributed by atoms with E-state index in [0.717, 1.165) is 6.07 Å². The lowest BCUT2D eigenvalue weighted by atomic mass is 10.0. The lowest BCUT2D eigenvalue weighted by molar-refractivity contribution is -0.136. The van der Waals surface area contributed by atoms with Crippen LogP contribution in [0.25, 0.3) is 10.9 Å². The molecule has 0 saturated heterocycles. The topological polar surface area (TPSA) is 25.8 Å². The lowest BCUT2D eigenvalue weighted by Crippen LogP contribution is -2.08. The van der Waals surface area contributed by atoms with Gasteiger partial charge in [0.2, 0.25) is 0 Å². The van der Waals surface area contributed by atoms with Crippen molar-refractivity contribution in [1.29, 1.82) is 0 Å². The van der Waals surface area contributed by atoms with Gasteiger partial charge in [-0.15, -0.1) is 0 Å². The Labute approximate surface area is 90.1 Å². The van der Waals surface area contributed by atoms with Crippen LogP contribution in [0.3, 0.4) is 0 Å². The van der Waals surface area contributed by atoms with Crippen molar-refractivity contribution in [2.75, 3.05) is 0 Å². The molecule has 0 aliphatic rings. The number of benzene rings is 1. The number of rotatable bonds is 0. The number of halogens is 3. The van der Waals surface area contributed by atoms with Crippen LogP contribution in [-0.2, 0) is 6.18 Å². The summed E-state index contributed by atoms with van der Waals surface area (Å²) in [5, 5.41) is 0.0839. The molecule has 2 aromatic rings. The minimum Gasteiger partial charge on any atom is -0.241 e. The standard InChI is InChI=1S/C11H9F3N2/c1-6-3-8(11(12,13)14)10-7(2)15-5-16-9(10)4-6/h3-5H,1-2H3. The molecule has 0 fully saturated rings. The predicted octanol–water partition coefficient (Wildman–Crippen LogP) is 3.27. The third kappa shape index (κ3) is 1.73. The van der Waals surface area contributed by atoms with Crippen molar-refractivity contribution in [2.45, 2.75) is 20.0 Å². The van der Waals surface area contributed by atoms with Crippen LogP contribution < -0.4 is 0 Å². The predicted molar refractivity (Wildman–Crippen MR) is 54.0 cm³/mol. The second kappa shape index (κ2) is 3.43. The van der Waals surface area contributed by atoms with E-state index >= 15 is 0 Å². The fourth-order valence-corrected chi connectivity index (χ4v) is 1.72. The Hall–Kier alpha value is -1.65. The Balaban J connectivity index is 2.91. The second-order valence-corrected chi connectivity index (χ2v) is 3.66. The fourth-order valence-electron chi connectivity index (χ4n) is 1.72. The monoisotopic (exact) mass is 226 g/mol. The van der Waals surface area contributed by atoms with Crippen LogP contribution >= 0.6 is 0 Å². The number of aryl methyl sites for hydroxylation is 2. The molecule has 1 aromatic heterocycles. The fraction of sp³-hybridized carbons (Fsp3) is 0.273. The summed E-state index contributed by atoms with van der Waals surface area (Å²) in [4.78, 5) is 7.67. The summed E-state index contributed by atoms with van der Waals surface area (Å²) in [6, 6.07) is 2.75. The van der Waals surface area contributed by atoms with E-state index in [4.69, 9.17) is 0 Å². The van der Waals surface area contributed by atoms with Gasteiger partial charge in [0.25, 0.3) is 0 Å². The van der Waals surface area contributed by atoms with Crippen molar-refractivity contribution in [1.82, 2.24) is 9.97 Å². The van der Waals surface area contributed by atoms with E-state index in [9.17, 15) is 13.2 Å². The van der Waals surface area contributed by atoms with E-state index in [2.05, 4.69) is 9.97 Å². The zero-order valence-electron chi connectivity index (χ0n) is 8.76. The molecule has 84 valence electrons. The number of hydrogen-bond donors (Lipinski definition) is 0. The van der Waals surface area contributed by atoms with E-state index in [1.54, 1.807) is 19.9 Å². The number of alkyl halides is 3. The summed E-state index contributed by atoms with van der Waals surface area (Å²) < 4.78 is 38.5. The highest BCUT2D eigenvalue weighted by Gasteiger charge is 2.33. The molecule has 0 saturated carbocycles. The van der Waals surface area contributed by atoms with Crippen molar-refractivity contribution in [2.24, 2.45) is 0 Å². The van der Waals surface area contributed by atoms with Gasteiger partial charge < -0.3 is 0 Å². The van der Waals surface area contributed by atoms with Crippen LogP contribution in [0.2, 0.25) is 0 Å². The van der Waals surface area contributed by atoms with Crippen LogP contribution in [0.4, 0.5) is 13.2 Å². The summed E-state index contributed by atoms with van der Waals surface area (Å²) in [7, 11) is 0. The van der Waals surface area contributed by atoms with Gasteiger partial charge in [0.1, 0.15) is 6.33 Å². The van der Waals surface area contributed by atoms with Gasteiger partial charge >= 0.3 is 6.18 Å². The zero-order valence-corrected chi connectivity index (χ0v) is 8.76. The third-order valence-electron chi connectivity index (χ3n) is 2.38. The molecule has 2 nitrogen and oxygen atoms in total. The summed E-state index contributed by atoms with van der Waals surface area (Å²) in [5.41, 5.74) is 0.552. The van der Waals surface area contributed by atoms with E-state index in [1.807, 2.05) is 0 Å². The first-order valence-corrected chi connectivity index (χ1v) is 4.69. The Morgan fingerprint density at radius 2 is 1.75 bits per heavy atom. The SMILES string of the molecule is Cc1cc(C(F)(F)F)c2c(C)ncnc2c1. The zero-order chi connectivity index (χ0) is 11.9. The maximum absolute atomic E-state index is 12.8. The summed E-state index contributed by atoms with van der Waals surface area (Å²) >= 11 is 0. The van der Waals surface area contributed by atoms with E-state index in [0.29, 0.717) is 16.8 Å². The highest BCUT2D eigenvalue weighted by Crippen LogP contribution is 2.35. The van der Waals surface area contributed by atoms with Gasteiger partial charge in [0.15, 0.2) is 0 Å². The van der Waals surface area contributed by atoms with Gasteiger partial charge in [-0.2, -0.15) is 13.2 Å². The van der Waals surface area contributed by atoms with Gasteiger partial charge in [-0.05, 0) is 31.5 Å². The first-order valence-electron chi connectivity index (χ1n) is 4.69. The molecule has 0 bridgehead atoms. The number of aromatic nitrogens is 2. The maximum Gasteiger partial charge on any atom is 0.417 e. The van der Waals surface area contributed by atoms with E-state index in [-0.39, 0.29) is 5.39 Å². The lowest BCUT2D eigenvalue weighted by Gasteiger charge is -2.12. The number of hydrogen-bond acceptors (Lipinski definition) is 2. The molecule has 0 aliphatic carbocycles. The Kier molecular flexibility index (Phi) is 2.33. The minimum absolute atomic E-state index is 0.0839. The molecule has 0 unspecified atom stereocenters.